The van der Waals surface area contributed by atoms with Gasteiger partial charge in [0, 0.05) is 41.2 Å². The molecule has 0 fully saturated rings. The van der Waals surface area contributed by atoms with Crippen molar-refractivity contribution in [3.8, 4) is 5.69 Å². The number of hydrogen-bond donors (Lipinski definition) is 1. The highest BCUT2D eigenvalue weighted by Crippen LogP contribution is 2.28. The first kappa shape index (κ1) is 17.4. The van der Waals surface area contributed by atoms with Crippen LogP contribution in [0, 0.1) is 17.0 Å². The van der Waals surface area contributed by atoms with Gasteiger partial charge in [-0.3, -0.25) is 14.9 Å². The minimum Gasteiger partial charge on any atom is -0.316 e. The maximum Gasteiger partial charge on any atom is 0.269 e. The lowest BCUT2D eigenvalue weighted by molar-refractivity contribution is -0.384. The molecular formula is C21H16N4O3. The minimum absolute atomic E-state index is 0.0511. The number of anilines is 1. The number of nitrogens with zero attached hydrogens (tertiary/aromatic N) is 3. The van der Waals surface area contributed by atoms with Crippen molar-refractivity contribution in [3.63, 3.8) is 0 Å². The third-order valence-corrected chi connectivity index (χ3v) is 4.54. The van der Waals surface area contributed by atoms with Gasteiger partial charge in [0.2, 0.25) is 0 Å². The van der Waals surface area contributed by atoms with E-state index >= 15 is 0 Å². The highest BCUT2D eigenvalue weighted by molar-refractivity contribution is 6.07. The van der Waals surface area contributed by atoms with Crippen molar-refractivity contribution in [3.05, 3.63) is 94.3 Å². The molecule has 2 aromatic carbocycles. The predicted molar refractivity (Wildman–Crippen MR) is 107 cm³/mol. The van der Waals surface area contributed by atoms with Crippen LogP contribution in [0.15, 0.2) is 73.1 Å². The van der Waals surface area contributed by atoms with E-state index in [1.807, 2.05) is 35.9 Å². The number of benzene rings is 2. The van der Waals surface area contributed by atoms with E-state index in [0.717, 1.165) is 22.2 Å². The number of carbonyl (C=O) groups excluding carboxylic acids is 1. The van der Waals surface area contributed by atoms with E-state index in [-0.39, 0.29) is 11.6 Å². The summed E-state index contributed by atoms with van der Waals surface area (Å²) in [5.74, 6) is 0.226. The molecule has 0 aliphatic heterocycles. The average Bonchev–Trinajstić information content (AvgIpc) is 3.13. The van der Waals surface area contributed by atoms with Crippen LogP contribution in [0.3, 0.4) is 0 Å². The maximum atomic E-state index is 12.5. The number of fused-ring (bicyclic) bond motifs is 1. The van der Waals surface area contributed by atoms with Gasteiger partial charge in [0.15, 0.2) is 0 Å². The summed E-state index contributed by atoms with van der Waals surface area (Å²) >= 11 is 0. The van der Waals surface area contributed by atoms with Gasteiger partial charge in [0.25, 0.3) is 11.6 Å². The largest absolute Gasteiger partial charge is 0.316 e. The summed E-state index contributed by atoms with van der Waals surface area (Å²) in [6.45, 7) is 1.83. The number of nitro benzene ring substituents is 1. The molecule has 0 unspecified atom stereocenters. The zero-order valence-electron chi connectivity index (χ0n) is 15.0. The molecule has 0 saturated carbocycles. The normalized spacial score (nSPS) is 10.8. The van der Waals surface area contributed by atoms with Crippen LogP contribution in [0.2, 0.25) is 0 Å². The third kappa shape index (κ3) is 3.09. The third-order valence-electron chi connectivity index (χ3n) is 4.54. The second kappa shape index (κ2) is 6.96. The molecule has 138 valence electrons. The van der Waals surface area contributed by atoms with Crippen LogP contribution in [0.1, 0.15) is 15.9 Å². The Morgan fingerprint density at radius 3 is 2.61 bits per heavy atom. The topological polar surface area (TPSA) is 90.1 Å². The van der Waals surface area contributed by atoms with E-state index in [4.69, 9.17) is 0 Å². The smallest absolute Gasteiger partial charge is 0.269 e. The molecule has 1 amide bonds. The Morgan fingerprint density at radius 2 is 1.89 bits per heavy atom. The number of non-ortho nitro benzene ring substituents is 1. The summed E-state index contributed by atoms with van der Waals surface area (Å²) < 4.78 is 1.92. The van der Waals surface area contributed by atoms with Gasteiger partial charge in [-0.05, 0) is 42.8 Å². The van der Waals surface area contributed by atoms with Crippen LogP contribution in [0.4, 0.5) is 11.5 Å². The Hall–Kier alpha value is -4.00. The number of aromatic nitrogens is 2. The van der Waals surface area contributed by atoms with Gasteiger partial charge in [-0.1, -0.05) is 18.2 Å². The van der Waals surface area contributed by atoms with Crippen LogP contribution in [-0.4, -0.2) is 20.4 Å². The molecule has 0 saturated heterocycles. The first-order chi connectivity index (χ1) is 13.5. The predicted octanol–water partition coefficient (Wildman–Crippen LogP) is 4.49. The molecule has 0 aliphatic rings. The number of nitrogens with one attached hydrogen (secondary N) is 1. The van der Waals surface area contributed by atoms with Crippen molar-refractivity contribution < 1.29 is 9.72 Å². The quantitative estimate of drug-likeness (QED) is 0.422. The van der Waals surface area contributed by atoms with Gasteiger partial charge in [-0.25, -0.2) is 4.98 Å². The van der Waals surface area contributed by atoms with Crippen LogP contribution >= 0.6 is 0 Å². The molecule has 7 heteroatoms. The van der Waals surface area contributed by atoms with Crippen molar-refractivity contribution >= 4 is 28.3 Å². The monoisotopic (exact) mass is 372 g/mol. The van der Waals surface area contributed by atoms with Crippen molar-refractivity contribution in [1.82, 2.24) is 9.55 Å². The highest BCUT2D eigenvalue weighted by Gasteiger charge is 2.14. The Kier molecular flexibility index (Phi) is 4.33. The Balaban J connectivity index is 1.73. The molecular weight excluding hydrogens is 356 g/mol. The molecule has 0 atom stereocenters. The standard InChI is InChI=1S/C21H16N4O3/c1-14-13-16(25(27)28)7-8-18(14)24-12-10-17-19(24)9-11-22-20(17)23-21(26)15-5-3-2-4-6-15/h2-13H,1H3,(H,22,23,26). The number of carbonyl (C=O) groups is 1. The molecule has 4 aromatic rings. The maximum absolute atomic E-state index is 12.5. The Labute approximate surface area is 160 Å². The van der Waals surface area contributed by atoms with E-state index in [1.54, 1.807) is 42.6 Å². The molecule has 28 heavy (non-hydrogen) atoms. The molecule has 0 bridgehead atoms. The first-order valence-electron chi connectivity index (χ1n) is 8.62. The fraction of sp³-hybridized carbons (Fsp3) is 0.0476. The summed E-state index contributed by atoms with van der Waals surface area (Å²) in [6.07, 6.45) is 3.48. The fourth-order valence-corrected chi connectivity index (χ4v) is 3.17. The lowest BCUT2D eigenvalue weighted by Crippen LogP contribution is -2.12. The lowest BCUT2D eigenvalue weighted by atomic mass is 10.1. The molecule has 0 spiro atoms. The van der Waals surface area contributed by atoms with E-state index in [9.17, 15) is 14.9 Å². The van der Waals surface area contributed by atoms with Gasteiger partial charge in [0.05, 0.1) is 10.4 Å². The molecule has 1 N–H and O–H groups in total. The van der Waals surface area contributed by atoms with Crippen molar-refractivity contribution in [2.45, 2.75) is 6.92 Å². The summed E-state index contributed by atoms with van der Waals surface area (Å²) in [4.78, 5) is 27.3. The number of hydrogen-bond acceptors (Lipinski definition) is 4. The van der Waals surface area contributed by atoms with Crippen molar-refractivity contribution in [2.75, 3.05) is 5.32 Å². The molecule has 2 aromatic heterocycles. The number of pyridine rings is 1. The Morgan fingerprint density at radius 1 is 1.11 bits per heavy atom. The van der Waals surface area contributed by atoms with E-state index in [2.05, 4.69) is 10.3 Å². The molecule has 7 nitrogen and oxygen atoms in total. The lowest BCUT2D eigenvalue weighted by Gasteiger charge is -2.10. The number of nitro groups is 1. The summed E-state index contributed by atoms with van der Waals surface area (Å²) in [7, 11) is 0. The SMILES string of the molecule is Cc1cc([N+](=O)[O-])ccc1-n1ccc2c(NC(=O)c3ccccc3)nccc21. The molecule has 0 aliphatic carbocycles. The van der Waals surface area contributed by atoms with Crippen LogP contribution < -0.4 is 5.32 Å². The van der Waals surface area contributed by atoms with Gasteiger partial charge < -0.3 is 9.88 Å². The zero-order chi connectivity index (χ0) is 19.7. The van der Waals surface area contributed by atoms with E-state index in [1.165, 1.54) is 6.07 Å². The van der Waals surface area contributed by atoms with E-state index < -0.39 is 4.92 Å². The number of aryl methyl sites for hydroxylation is 1. The van der Waals surface area contributed by atoms with Crippen LogP contribution in [0.25, 0.3) is 16.6 Å². The summed E-state index contributed by atoms with van der Waals surface area (Å²) in [5, 5.41) is 14.6. The summed E-state index contributed by atoms with van der Waals surface area (Å²) in [6, 6.07) is 17.4. The van der Waals surface area contributed by atoms with Gasteiger partial charge in [-0.15, -0.1) is 0 Å². The van der Waals surface area contributed by atoms with Crippen molar-refractivity contribution in [2.24, 2.45) is 0 Å². The molecule has 2 heterocycles. The molecule has 0 radical (unpaired) electrons. The van der Waals surface area contributed by atoms with Crippen LogP contribution in [-0.2, 0) is 0 Å². The van der Waals surface area contributed by atoms with Gasteiger partial charge >= 0.3 is 0 Å². The first-order valence-corrected chi connectivity index (χ1v) is 8.62. The summed E-state index contributed by atoms with van der Waals surface area (Å²) in [5.41, 5.74) is 3.04. The number of rotatable bonds is 4. The van der Waals surface area contributed by atoms with Gasteiger partial charge in [0.1, 0.15) is 5.82 Å². The zero-order valence-corrected chi connectivity index (χ0v) is 15.0. The van der Waals surface area contributed by atoms with E-state index in [0.29, 0.717) is 11.4 Å². The molecule has 4 rings (SSSR count). The Bertz CT molecular complexity index is 1200. The average molecular weight is 372 g/mol. The van der Waals surface area contributed by atoms with Crippen LogP contribution in [0.5, 0.6) is 0 Å². The second-order valence-corrected chi connectivity index (χ2v) is 6.33. The second-order valence-electron chi connectivity index (χ2n) is 6.33. The fourth-order valence-electron chi connectivity index (χ4n) is 3.17. The highest BCUT2D eigenvalue weighted by atomic mass is 16.6. The minimum atomic E-state index is -0.411. The van der Waals surface area contributed by atoms with Gasteiger partial charge in [-0.2, -0.15) is 0 Å². The number of amides is 1. The van der Waals surface area contributed by atoms with Crippen molar-refractivity contribution in [1.29, 1.82) is 0 Å².